The number of sulfonamides is 1. The monoisotopic (exact) mass is 460 g/mol. The smallest absolute Gasteiger partial charge is 0.235 e. The molecule has 0 radical (unpaired) electrons. The van der Waals surface area contributed by atoms with Crippen molar-refractivity contribution in [2.45, 2.75) is 50.7 Å². The fraction of sp³-hybridized carbons (Fsp3) is 0.346. The summed E-state index contributed by atoms with van der Waals surface area (Å²) in [6.07, 6.45) is 11.8. The summed E-state index contributed by atoms with van der Waals surface area (Å²) in [7, 11) is -3.39. The summed E-state index contributed by atoms with van der Waals surface area (Å²) in [5.74, 6) is 0. The predicted molar refractivity (Wildman–Crippen MR) is 132 cm³/mol. The molecule has 6 nitrogen and oxygen atoms in total. The van der Waals surface area contributed by atoms with Gasteiger partial charge >= 0.3 is 0 Å². The highest BCUT2D eigenvalue weighted by atomic mass is 32.2. The molecule has 2 heterocycles. The van der Waals surface area contributed by atoms with E-state index in [1.54, 1.807) is 6.20 Å². The zero-order valence-corrected chi connectivity index (χ0v) is 19.5. The summed E-state index contributed by atoms with van der Waals surface area (Å²) in [5.41, 5.74) is 6.13. The number of benzene rings is 2. The van der Waals surface area contributed by atoms with Crippen molar-refractivity contribution >= 4 is 26.6 Å². The lowest BCUT2D eigenvalue weighted by Gasteiger charge is -2.53. The molecule has 2 N–H and O–H groups in total. The van der Waals surface area contributed by atoms with Crippen LogP contribution in [0.25, 0.3) is 27.7 Å². The van der Waals surface area contributed by atoms with Crippen LogP contribution in [-0.4, -0.2) is 28.4 Å². The van der Waals surface area contributed by atoms with Crippen LogP contribution in [0.15, 0.2) is 61.1 Å². The van der Waals surface area contributed by atoms with E-state index in [2.05, 4.69) is 46.0 Å². The topological polar surface area (TPSA) is 79.8 Å². The molecule has 0 amide bonds. The van der Waals surface area contributed by atoms with E-state index in [1.807, 2.05) is 35.3 Å². The molecule has 0 unspecified atom stereocenters. The number of nitrogens with zero attached hydrogens (tertiary/aromatic N) is 2. The van der Waals surface area contributed by atoms with Crippen molar-refractivity contribution in [3.63, 3.8) is 0 Å². The molecular formula is C26H28N4O2S. The van der Waals surface area contributed by atoms with Crippen molar-refractivity contribution in [2.75, 3.05) is 4.72 Å². The van der Waals surface area contributed by atoms with Gasteiger partial charge in [0.25, 0.3) is 0 Å². The molecule has 2 aliphatic rings. The molecule has 0 atom stereocenters. The molecule has 1 spiro atoms. The highest BCUT2D eigenvalue weighted by molar-refractivity contribution is 7.93. The Bertz CT molecular complexity index is 1420. The van der Waals surface area contributed by atoms with Crippen molar-refractivity contribution in [3.8, 4) is 16.8 Å². The molecule has 2 aromatic carbocycles. The first-order valence-corrected chi connectivity index (χ1v) is 13.3. The highest BCUT2D eigenvalue weighted by Crippen LogP contribution is 2.57. The molecule has 2 aromatic heterocycles. The number of nitrogens with one attached hydrogen (secondary N) is 2. The van der Waals surface area contributed by atoms with Gasteiger partial charge in [-0.1, -0.05) is 31.5 Å². The lowest BCUT2D eigenvalue weighted by molar-refractivity contribution is 0.0353. The van der Waals surface area contributed by atoms with E-state index in [9.17, 15) is 8.42 Å². The van der Waals surface area contributed by atoms with Crippen LogP contribution in [0.5, 0.6) is 0 Å². The Morgan fingerprint density at radius 3 is 2.61 bits per heavy atom. The quantitative estimate of drug-likeness (QED) is 0.390. The van der Waals surface area contributed by atoms with E-state index in [4.69, 9.17) is 0 Å². The van der Waals surface area contributed by atoms with Crippen molar-refractivity contribution in [1.82, 2.24) is 14.8 Å². The summed E-state index contributed by atoms with van der Waals surface area (Å²) < 4.78 is 30.7. The van der Waals surface area contributed by atoms with E-state index in [1.165, 1.54) is 24.8 Å². The molecule has 2 fully saturated rings. The third-order valence-electron chi connectivity index (χ3n) is 7.63. The van der Waals surface area contributed by atoms with Crippen LogP contribution in [-0.2, 0) is 16.4 Å². The molecule has 2 aliphatic carbocycles. The van der Waals surface area contributed by atoms with Crippen LogP contribution < -0.4 is 4.72 Å². The maximum Gasteiger partial charge on any atom is 0.235 e. The second-order valence-electron chi connectivity index (χ2n) is 9.69. The van der Waals surface area contributed by atoms with Crippen LogP contribution in [0.3, 0.4) is 0 Å². The van der Waals surface area contributed by atoms with Crippen LogP contribution in [0.1, 0.15) is 44.6 Å². The van der Waals surface area contributed by atoms with Crippen LogP contribution in [0.2, 0.25) is 0 Å². The largest absolute Gasteiger partial charge is 0.359 e. The SMILES string of the molecule is CCc1ccc(-n2cc(-c3ccc4[nH]cc(NS(=O)(=O)C5CC6(CCC6)C5)c4c3)cn2)cc1. The van der Waals surface area contributed by atoms with Crippen molar-refractivity contribution in [1.29, 1.82) is 0 Å². The number of anilines is 1. The van der Waals surface area contributed by atoms with Gasteiger partial charge in [0.1, 0.15) is 0 Å². The Morgan fingerprint density at radius 2 is 1.91 bits per heavy atom. The minimum absolute atomic E-state index is 0.275. The molecule has 0 bridgehead atoms. The number of hydrogen-bond acceptors (Lipinski definition) is 3. The fourth-order valence-electron chi connectivity index (χ4n) is 5.33. The molecule has 4 aromatic rings. The van der Waals surface area contributed by atoms with Crippen LogP contribution in [0, 0.1) is 5.41 Å². The lowest BCUT2D eigenvalue weighted by atomic mass is 9.56. The van der Waals surface area contributed by atoms with Gasteiger partial charge in [0, 0.05) is 28.9 Å². The van der Waals surface area contributed by atoms with E-state index >= 15 is 0 Å². The minimum Gasteiger partial charge on any atom is -0.359 e. The first kappa shape index (κ1) is 20.5. The van der Waals surface area contributed by atoms with Gasteiger partial charge in [-0.3, -0.25) is 4.72 Å². The number of hydrogen-bond donors (Lipinski definition) is 2. The van der Waals surface area contributed by atoms with Gasteiger partial charge in [0.2, 0.25) is 10.0 Å². The number of rotatable bonds is 6. The number of aromatic nitrogens is 3. The first-order valence-electron chi connectivity index (χ1n) is 11.7. The zero-order valence-electron chi connectivity index (χ0n) is 18.7. The Morgan fingerprint density at radius 1 is 1.12 bits per heavy atom. The van der Waals surface area contributed by atoms with Crippen LogP contribution in [0.4, 0.5) is 5.69 Å². The van der Waals surface area contributed by atoms with Gasteiger partial charge in [0.05, 0.1) is 22.8 Å². The lowest BCUT2D eigenvalue weighted by Crippen LogP contribution is -2.50. The summed E-state index contributed by atoms with van der Waals surface area (Å²) in [6, 6.07) is 14.4. The van der Waals surface area contributed by atoms with Gasteiger partial charge in [-0.2, -0.15) is 5.10 Å². The molecule has 170 valence electrons. The molecule has 0 aliphatic heterocycles. The van der Waals surface area contributed by atoms with E-state index in [-0.39, 0.29) is 5.25 Å². The van der Waals surface area contributed by atoms with E-state index < -0.39 is 10.0 Å². The average Bonchev–Trinajstić information content (AvgIpc) is 3.39. The second-order valence-corrected chi connectivity index (χ2v) is 11.6. The van der Waals surface area contributed by atoms with Crippen molar-refractivity contribution < 1.29 is 8.42 Å². The van der Waals surface area contributed by atoms with Gasteiger partial charge in [0.15, 0.2) is 0 Å². The Balaban J connectivity index is 1.26. The first-order chi connectivity index (χ1) is 15.9. The summed E-state index contributed by atoms with van der Waals surface area (Å²) >= 11 is 0. The maximum absolute atomic E-state index is 13.0. The number of aromatic amines is 1. The van der Waals surface area contributed by atoms with Crippen LogP contribution >= 0.6 is 0 Å². The maximum atomic E-state index is 13.0. The standard InChI is InChI=1S/C26H28N4O2S/c1-2-18-4-7-21(8-5-18)30-17-20(15-28-30)19-6-9-24-23(12-19)25(16-27-24)29-33(31,32)22-13-26(14-22)10-3-11-26/h4-9,12,15-17,22,27,29H,2-3,10-11,13-14H2,1H3. The third-order valence-corrected chi connectivity index (χ3v) is 9.35. The Labute approximate surface area is 194 Å². The van der Waals surface area contributed by atoms with Gasteiger partial charge in [-0.25, -0.2) is 13.1 Å². The number of fused-ring (bicyclic) bond motifs is 1. The predicted octanol–water partition coefficient (Wildman–Crippen LogP) is 5.66. The number of H-pyrrole nitrogens is 1. The molecular weight excluding hydrogens is 432 g/mol. The highest BCUT2D eigenvalue weighted by Gasteiger charge is 2.52. The fourth-order valence-corrected chi connectivity index (χ4v) is 7.12. The van der Waals surface area contributed by atoms with Gasteiger partial charge in [-0.15, -0.1) is 0 Å². The summed E-state index contributed by atoms with van der Waals surface area (Å²) in [4.78, 5) is 3.20. The van der Waals surface area contributed by atoms with Crippen molar-refractivity contribution in [2.24, 2.45) is 5.41 Å². The van der Waals surface area contributed by atoms with Crippen molar-refractivity contribution in [3.05, 3.63) is 66.6 Å². The summed E-state index contributed by atoms with van der Waals surface area (Å²) in [5, 5.41) is 5.13. The summed E-state index contributed by atoms with van der Waals surface area (Å²) in [6.45, 7) is 2.14. The molecule has 0 saturated heterocycles. The van der Waals surface area contributed by atoms with Gasteiger partial charge in [-0.05, 0) is 72.9 Å². The van der Waals surface area contributed by atoms with E-state index in [0.29, 0.717) is 11.1 Å². The Hall–Kier alpha value is -3.06. The van der Waals surface area contributed by atoms with Gasteiger partial charge < -0.3 is 4.98 Å². The zero-order chi connectivity index (χ0) is 22.6. The third kappa shape index (κ3) is 3.55. The molecule has 33 heavy (non-hydrogen) atoms. The number of aryl methyl sites for hydroxylation is 1. The molecule has 7 heteroatoms. The second kappa shape index (κ2) is 7.48. The molecule has 2 saturated carbocycles. The van der Waals surface area contributed by atoms with E-state index in [0.717, 1.165) is 47.0 Å². The minimum atomic E-state index is -3.39. The Kier molecular flexibility index (Phi) is 4.66. The normalized spacial score (nSPS) is 17.7. The molecule has 6 rings (SSSR count). The average molecular weight is 461 g/mol.